The second-order valence-electron chi connectivity index (χ2n) is 4.22. The van der Waals surface area contributed by atoms with Crippen LogP contribution in [0.3, 0.4) is 0 Å². The SMILES string of the molecule is COc1ccc2nc(Nc3c(F)cc(F)cc3Br)sc2c1. The number of nitrogens with zero attached hydrogens (tertiary/aromatic N) is 1. The van der Waals surface area contributed by atoms with E-state index in [1.165, 1.54) is 17.4 Å². The molecule has 1 heterocycles. The van der Waals surface area contributed by atoms with Crippen LogP contribution < -0.4 is 10.1 Å². The molecule has 0 amide bonds. The summed E-state index contributed by atoms with van der Waals surface area (Å²) >= 11 is 4.50. The Morgan fingerprint density at radius 1 is 1.24 bits per heavy atom. The smallest absolute Gasteiger partial charge is 0.188 e. The molecule has 0 aliphatic carbocycles. The highest BCUT2D eigenvalue weighted by molar-refractivity contribution is 9.10. The monoisotopic (exact) mass is 370 g/mol. The van der Waals surface area contributed by atoms with Crippen molar-refractivity contribution in [2.45, 2.75) is 0 Å². The van der Waals surface area contributed by atoms with Gasteiger partial charge < -0.3 is 10.1 Å². The van der Waals surface area contributed by atoms with E-state index in [1.54, 1.807) is 13.2 Å². The molecule has 0 atom stereocenters. The van der Waals surface area contributed by atoms with Gasteiger partial charge >= 0.3 is 0 Å². The molecule has 0 spiro atoms. The van der Waals surface area contributed by atoms with E-state index in [9.17, 15) is 8.78 Å². The molecule has 3 rings (SSSR count). The van der Waals surface area contributed by atoms with E-state index in [2.05, 4.69) is 26.2 Å². The zero-order chi connectivity index (χ0) is 15.0. The van der Waals surface area contributed by atoms with Crippen molar-refractivity contribution in [1.82, 2.24) is 4.98 Å². The Labute approximate surface area is 131 Å². The van der Waals surface area contributed by atoms with E-state index >= 15 is 0 Å². The minimum absolute atomic E-state index is 0.155. The first-order valence-electron chi connectivity index (χ1n) is 5.93. The van der Waals surface area contributed by atoms with Gasteiger partial charge in [0, 0.05) is 10.5 Å². The largest absolute Gasteiger partial charge is 0.497 e. The summed E-state index contributed by atoms with van der Waals surface area (Å²) in [6, 6.07) is 7.51. The number of aromatic nitrogens is 1. The van der Waals surface area contributed by atoms with Gasteiger partial charge in [-0.2, -0.15) is 0 Å². The fraction of sp³-hybridized carbons (Fsp3) is 0.0714. The summed E-state index contributed by atoms with van der Waals surface area (Å²) in [4.78, 5) is 4.36. The first-order valence-corrected chi connectivity index (χ1v) is 7.54. The van der Waals surface area contributed by atoms with Gasteiger partial charge in [0.15, 0.2) is 10.9 Å². The zero-order valence-electron chi connectivity index (χ0n) is 10.8. The molecule has 7 heteroatoms. The Morgan fingerprint density at radius 3 is 2.76 bits per heavy atom. The van der Waals surface area contributed by atoms with Crippen molar-refractivity contribution in [3.8, 4) is 5.75 Å². The third-order valence-electron chi connectivity index (χ3n) is 2.83. The van der Waals surface area contributed by atoms with Gasteiger partial charge in [0.25, 0.3) is 0 Å². The molecule has 0 saturated heterocycles. The van der Waals surface area contributed by atoms with Gasteiger partial charge in [0.05, 0.1) is 23.0 Å². The Morgan fingerprint density at radius 2 is 2.05 bits per heavy atom. The Bertz CT molecular complexity index is 799. The molecule has 0 aliphatic heterocycles. The molecule has 21 heavy (non-hydrogen) atoms. The van der Waals surface area contributed by atoms with Gasteiger partial charge in [0.2, 0.25) is 0 Å². The first-order chi connectivity index (χ1) is 10.1. The van der Waals surface area contributed by atoms with Crippen molar-refractivity contribution in [3.05, 3.63) is 46.4 Å². The molecule has 1 N–H and O–H groups in total. The summed E-state index contributed by atoms with van der Waals surface area (Å²) < 4.78 is 33.2. The lowest BCUT2D eigenvalue weighted by Gasteiger charge is -2.06. The van der Waals surface area contributed by atoms with Gasteiger partial charge in [-0.3, -0.25) is 0 Å². The third-order valence-corrected chi connectivity index (χ3v) is 4.39. The highest BCUT2D eigenvalue weighted by atomic mass is 79.9. The maximum absolute atomic E-state index is 13.8. The number of benzene rings is 2. The van der Waals surface area contributed by atoms with Gasteiger partial charge in [0.1, 0.15) is 11.6 Å². The van der Waals surface area contributed by atoms with Crippen LogP contribution in [0.15, 0.2) is 34.8 Å². The molecule has 3 aromatic rings. The lowest BCUT2D eigenvalue weighted by Crippen LogP contribution is -1.95. The van der Waals surface area contributed by atoms with E-state index in [-0.39, 0.29) is 5.69 Å². The van der Waals surface area contributed by atoms with Gasteiger partial charge in [-0.25, -0.2) is 13.8 Å². The summed E-state index contributed by atoms with van der Waals surface area (Å²) in [5.74, 6) is -0.593. The quantitative estimate of drug-likeness (QED) is 0.697. The number of nitrogens with one attached hydrogen (secondary N) is 1. The highest BCUT2D eigenvalue weighted by Gasteiger charge is 2.12. The normalized spacial score (nSPS) is 10.9. The number of methoxy groups -OCH3 is 1. The number of ether oxygens (including phenoxy) is 1. The van der Waals surface area contributed by atoms with Crippen molar-refractivity contribution in [2.24, 2.45) is 0 Å². The number of fused-ring (bicyclic) bond motifs is 1. The lowest BCUT2D eigenvalue weighted by atomic mass is 10.3. The van der Waals surface area contributed by atoms with Crippen LogP contribution in [0.1, 0.15) is 0 Å². The summed E-state index contributed by atoms with van der Waals surface area (Å²) in [6.45, 7) is 0. The van der Waals surface area contributed by atoms with E-state index in [4.69, 9.17) is 4.74 Å². The van der Waals surface area contributed by atoms with Crippen LogP contribution in [-0.4, -0.2) is 12.1 Å². The predicted octanol–water partition coefficient (Wildman–Crippen LogP) is 5.09. The van der Waals surface area contributed by atoms with Crippen LogP contribution >= 0.6 is 27.3 Å². The summed E-state index contributed by atoms with van der Waals surface area (Å²) in [5.41, 5.74) is 0.935. The van der Waals surface area contributed by atoms with Crippen molar-refractivity contribution >= 4 is 48.3 Å². The molecule has 0 bridgehead atoms. The van der Waals surface area contributed by atoms with Gasteiger partial charge in [-0.1, -0.05) is 11.3 Å². The lowest BCUT2D eigenvalue weighted by molar-refractivity contribution is 0.415. The molecule has 0 fully saturated rings. The van der Waals surface area contributed by atoms with Crippen LogP contribution in [0.25, 0.3) is 10.2 Å². The molecular formula is C14H9BrF2N2OS. The molecule has 0 unspecified atom stereocenters. The molecule has 0 radical (unpaired) electrons. The van der Waals surface area contributed by atoms with E-state index in [0.717, 1.165) is 22.0 Å². The highest BCUT2D eigenvalue weighted by Crippen LogP contribution is 2.34. The number of hydrogen-bond acceptors (Lipinski definition) is 4. The van der Waals surface area contributed by atoms with Crippen LogP contribution in [0, 0.1) is 11.6 Å². The number of halogens is 3. The minimum Gasteiger partial charge on any atom is -0.497 e. The first kappa shape index (κ1) is 14.2. The maximum atomic E-state index is 13.8. The van der Waals surface area contributed by atoms with Crippen molar-refractivity contribution in [1.29, 1.82) is 0 Å². The van der Waals surface area contributed by atoms with Crippen LogP contribution in [0.5, 0.6) is 5.75 Å². The molecule has 1 aromatic heterocycles. The summed E-state index contributed by atoms with van der Waals surface area (Å²) in [7, 11) is 1.59. The predicted molar refractivity (Wildman–Crippen MR) is 83.5 cm³/mol. The average molecular weight is 371 g/mol. The van der Waals surface area contributed by atoms with Crippen LogP contribution in [-0.2, 0) is 0 Å². The molecule has 0 aliphatic rings. The molecule has 2 aromatic carbocycles. The Kier molecular flexibility index (Phi) is 3.77. The fourth-order valence-corrected chi connectivity index (χ4v) is 3.26. The number of thiazole rings is 1. The van der Waals surface area contributed by atoms with Crippen LogP contribution in [0.4, 0.5) is 19.6 Å². The average Bonchev–Trinajstić information content (AvgIpc) is 2.84. The number of hydrogen-bond donors (Lipinski definition) is 1. The minimum atomic E-state index is -0.682. The van der Waals surface area contributed by atoms with E-state index in [0.29, 0.717) is 9.60 Å². The molecular weight excluding hydrogens is 362 g/mol. The van der Waals surface area contributed by atoms with Crippen LogP contribution in [0.2, 0.25) is 0 Å². The van der Waals surface area contributed by atoms with Crippen molar-refractivity contribution < 1.29 is 13.5 Å². The topological polar surface area (TPSA) is 34.1 Å². The number of anilines is 2. The Hall–Kier alpha value is -1.73. The number of rotatable bonds is 3. The fourth-order valence-electron chi connectivity index (χ4n) is 1.85. The molecule has 108 valence electrons. The van der Waals surface area contributed by atoms with Gasteiger partial charge in [-0.05, 0) is 40.2 Å². The second-order valence-corrected chi connectivity index (χ2v) is 6.11. The molecule has 3 nitrogen and oxygen atoms in total. The van der Waals surface area contributed by atoms with Crippen molar-refractivity contribution in [2.75, 3.05) is 12.4 Å². The molecule has 0 saturated carbocycles. The van der Waals surface area contributed by atoms with Crippen molar-refractivity contribution in [3.63, 3.8) is 0 Å². The zero-order valence-corrected chi connectivity index (χ0v) is 13.2. The maximum Gasteiger partial charge on any atom is 0.188 e. The standard InChI is InChI=1S/C14H9BrF2N2OS/c1-20-8-2-3-11-12(6-8)21-14(18-11)19-13-9(15)4-7(16)5-10(13)17/h2-6H,1H3,(H,18,19). The second kappa shape index (κ2) is 5.57. The van der Waals surface area contributed by atoms with E-state index < -0.39 is 11.6 Å². The Balaban J connectivity index is 1.98. The van der Waals surface area contributed by atoms with Gasteiger partial charge in [-0.15, -0.1) is 0 Å². The van der Waals surface area contributed by atoms with E-state index in [1.807, 2.05) is 12.1 Å². The third kappa shape index (κ3) is 2.84. The summed E-state index contributed by atoms with van der Waals surface area (Å²) in [6.07, 6.45) is 0. The summed E-state index contributed by atoms with van der Waals surface area (Å²) in [5, 5.41) is 3.39.